The number of hydrogen-bond donors (Lipinski definition) is 2. The molecule has 0 aromatic carbocycles. The number of phosphoric acid groups is 1. The number of ether oxygens (including phenoxy) is 2. The minimum atomic E-state index is -3.22. The first-order valence-corrected chi connectivity index (χ1v) is 8.93. The van der Waals surface area contributed by atoms with Gasteiger partial charge in [0.1, 0.15) is 0 Å². The van der Waals surface area contributed by atoms with E-state index in [9.17, 15) is 9.36 Å². The van der Waals surface area contributed by atoms with Crippen molar-refractivity contribution >= 4 is 20.1 Å². The molecule has 0 atom stereocenters. The lowest BCUT2D eigenvalue weighted by atomic mass is 10.8. The molecule has 0 aromatic heterocycles. The predicted octanol–water partition coefficient (Wildman–Crippen LogP) is 4.41. The van der Waals surface area contributed by atoms with Crippen molar-refractivity contribution in [2.45, 2.75) is 34.6 Å². The molecule has 0 bridgehead atoms. The van der Waals surface area contributed by atoms with Gasteiger partial charge >= 0.3 is 20.1 Å². The lowest BCUT2D eigenvalue weighted by Gasteiger charge is -2.14. The van der Waals surface area contributed by atoms with E-state index in [4.69, 9.17) is 28.6 Å². The van der Waals surface area contributed by atoms with Gasteiger partial charge in [-0.05, 0) is 34.6 Å². The van der Waals surface area contributed by atoms with Gasteiger partial charge in [0.15, 0.2) is 0 Å². The van der Waals surface area contributed by atoms with E-state index in [-0.39, 0.29) is 0 Å². The summed E-state index contributed by atoms with van der Waals surface area (Å²) < 4.78 is 34.7. The van der Waals surface area contributed by atoms with Gasteiger partial charge in [-0.3, -0.25) is 13.6 Å². The van der Waals surface area contributed by atoms with Crippen molar-refractivity contribution in [1.82, 2.24) is 0 Å². The third-order valence-electron chi connectivity index (χ3n) is 1.39. The van der Waals surface area contributed by atoms with E-state index in [0.717, 1.165) is 0 Å². The Morgan fingerprint density at radius 1 is 0.760 bits per heavy atom. The Balaban J connectivity index is -0.000000138. The molecule has 0 saturated carbocycles. The van der Waals surface area contributed by atoms with Crippen LogP contribution in [0.2, 0.25) is 0 Å². The third-order valence-corrected chi connectivity index (χ3v) is 3.11. The summed E-state index contributed by atoms with van der Waals surface area (Å²) in [5.41, 5.74) is 0. The molecule has 0 aliphatic carbocycles. The van der Waals surface area contributed by atoms with E-state index < -0.39 is 20.1 Å². The van der Waals surface area contributed by atoms with E-state index in [1.165, 1.54) is 0 Å². The van der Waals surface area contributed by atoms with Crippen molar-refractivity contribution in [3.05, 3.63) is 13.2 Å². The van der Waals surface area contributed by atoms with Crippen LogP contribution in [0, 0.1) is 0 Å². The molecule has 0 rings (SSSR count). The van der Waals surface area contributed by atoms with Gasteiger partial charge in [-0.15, -0.1) is 13.2 Å². The van der Waals surface area contributed by atoms with Crippen molar-refractivity contribution in [3.8, 4) is 0 Å². The van der Waals surface area contributed by atoms with Crippen molar-refractivity contribution in [2.24, 2.45) is 0 Å². The van der Waals surface area contributed by atoms with Crippen LogP contribution in [0.15, 0.2) is 13.2 Å². The number of rotatable bonds is 8. The van der Waals surface area contributed by atoms with Gasteiger partial charge in [0, 0.05) is 0 Å². The summed E-state index contributed by atoms with van der Waals surface area (Å²) in [4.78, 5) is 18.8. The van der Waals surface area contributed by atoms with Crippen LogP contribution in [0.4, 0.5) is 9.59 Å². The fourth-order valence-corrected chi connectivity index (χ4v) is 2.04. The van der Waals surface area contributed by atoms with Gasteiger partial charge in [-0.1, -0.05) is 0 Å². The minimum absolute atomic E-state index is 0.331. The molecular weight excluding hydrogens is 359 g/mol. The third kappa shape index (κ3) is 34.7. The zero-order chi connectivity index (χ0) is 20.7. The largest absolute Gasteiger partial charge is 0.508 e. The number of carbonyl (C=O) groups excluding carboxylic acids is 1. The molecular formula is C14H31O10P. The fraction of sp³-hybridized carbons (Fsp3) is 0.714. The van der Waals surface area contributed by atoms with Crippen LogP contribution in [0.5, 0.6) is 0 Å². The van der Waals surface area contributed by atoms with Crippen LogP contribution in [-0.4, -0.2) is 55.6 Å². The highest BCUT2D eigenvalue weighted by atomic mass is 31.2. The van der Waals surface area contributed by atoms with Crippen LogP contribution < -0.4 is 0 Å². The van der Waals surface area contributed by atoms with Gasteiger partial charge in [0.05, 0.1) is 33.0 Å². The average molecular weight is 390 g/mol. The second-order valence-electron chi connectivity index (χ2n) is 3.10. The van der Waals surface area contributed by atoms with Crippen molar-refractivity contribution < 1.29 is 47.4 Å². The molecule has 11 heteroatoms. The van der Waals surface area contributed by atoms with Crippen LogP contribution in [0.25, 0.3) is 0 Å². The van der Waals surface area contributed by atoms with Gasteiger partial charge < -0.3 is 19.7 Å². The summed E-state index contributed by atoms with van der Waals surface area (Å²) in [6.07, 6.45) is -2.42. The second kappa shape index (κ2) is 24.6. The van der Waals surface area contributed by atoms with Crippen LogP contribution in [-0.2, 0) is 27.6 Å². The number of carbonyl (C=O) groups is 2. The molecule has 0 amide bonds. The highest BCUT2D eigenvalue weighted by molar-refractivity contribution is 7.48. The number of phosphoric ester groups is 1. The Morgan fingerprint density at radius 3 is 1.16 bits per heavy atom. The van der Waals surface area contributed by atoms with Crippen LogP contribution >= 0.6 is 7.82 Å². The Morgan fingerprint density at radius 2 is 1.00 bits per heavy atom. The Hall–Kier alpha value is -1.61. The number of carboxylic acid groups (broad SMARTS) is 2. The summed E-state index contributed by atoms with van der Waals surface area (Å²) in [5, 5.41) is 13.9. The van der Waals surface area contributed by atoms with Gasteiger partial charge in [0.2, 0.25) is 0 Å². The highest BCUT2D eigenvalue weighted by Crippen LogP contribution is 2.48. The Kier molecular flexibility index (Phi) is 30.7. The summed E-state index contributed by atoms with van der Waals surface area (Å²) in [7, 11) is -3.22. The maximum absolute atomic E-state index is 11.3. The fourth-order valence-electron chi connectivity index (χ4n) is 0.864. The van der Waals surface area contributed by atoms with Crippen molar-refractivity contribution in [2.75, 3.05) is 33.0 Å². The topological polar surface area (TPSA) is 138 Å². The quantitative estimate of drug-likeness (QED) is 0.348. The molecule has 0 heterocycles. The SMILES string of the molecule is C=C.CCOC(=O)OCC.CCOP(=O)(OCC)OCC.O=C(O)O. The van der Waals surface area contributed by atoms with E-state index >= 15 is 0 Å². The molecule has 0 spiro atoms. The average Bonchev–Trinajstić information content (AvgIpc) is 2.50. The zero-order valence-corrected chi connectivity index (χ0v) is 16.5. The van der Waals surface area contributed by atoms with Crippen LogP contribution in [0.1, 0.15) is 34.6 Å². The number of hydrogen-bond acceptors (Lipinski definition) is 8. The predicted molar refractivity (Wildman–Crippen MR) is 93.0 cm³/mol. The minimum Gasteiger partial charge on any atom is -0.450 e. The normalized spacial score (nSPS) is 9.00. The second-order valence-corrected chi connectivity index (χ2v) is 4.77. The van der Waals surface area contributed by atoms with E-state index in [1.54, 1.807) is 34.6 Å². The maximum atomic E-state index is 11.3. The van der Waals surface area contributed by atoms with E-state index in [2.05, 4.69) is 22.6 Å². The molecule has 0 radical (unpaired) electrons. The lowest BCUT2D eigenvalue weighted by molar-refractivity contribution is 0.0630. The first-order chi connectivity index (χ1) is 11.7. The summed E-state index contributed by atoms with van der Waals surface area (Å²) in [6.45, 7) is 16.4. The Labute approximate surface area is 149 Å². The molecule has 0 fully saturated rings. The van der Waals surface area contributed by atoms with E-state index in [1.807, 2.05) is 0 Å². The van der Waals surface area contributed by atoms with E-state index in [0.29, 0.717) is 33.0 Å². The van der Waals surface area contributed by atoms with Crippen molar-refractivity contribution in [3.63, 3.8) is 0 Å². The monoisotopic (exact) mass is 390 g/mol. The standard InChI is InChI=1S/C6H15O4P.C5H10O3.C2H4.CH2O3/c1-4-8-11(7,9-5-2)10-6-3;1-3-7-5(6)8-4-2;1-2;2-1(3)4/h4-6H2,1-3H3;3-4H2,1-2H3;1-2H2;(H2,2,3,4). The molecule has 0 aromatic rings. The maximum Gasteiger partial charge on any atom is 0.508 e. The lowest BCUT2D eigenvalue weighted by Crippen LogP contribution is -2.05. The van der Waals surface area contributed by atoms with Crippen molar-refractivity contribution in [1.29, 1.82) is 0 Å². The Bertz CT molecular complexity index is 313. The summed E-state index contributed by atoms with van der Waals surface area (Å²) in [6, 6.07) is 0. The molecule has 2 N–H and O–H groups in total. The molecule has 0 saturated heterocycles. The summed E-state index contributed by atoms with van der Waals surface area (Å²) >= 11 is 0. The molecule has 152 valence electrons. The molecule has 0 unspecified atom stereocenters. The first-order valence-electron chi connectivity index (χ1n) is 7.47. The molecule has 0 aliphatic heterocycles. The highest BCUT2D eigenvalue weighted by Gasteiger charge is 2.23. The van der Waals surface area contributed by atoms with Gasteiger partial charge in [0.25, 0.3) is 0 Å². The first kappa shape index (κ1) is 31.2. The van der Waals surface area contributed by atoms with Gasteiger partial charge in [-0.2, -0.15) is 0 Å². The van der Waals surface area contributed by atoms with Crippen LogP contribution in [0.3, 0.4) is 0 Å². The smallest absolute Gasteiger partial charge is 0.450 e. The molecule has 10 nitrogen and oxygen atoms in total. The molecule has 0 aliphatic rings. The molecule has 25 heavy (non-hydrogen) atoms. The van der Waals surface area contributed by atoms with Gasteiger partial charge in [-0.25, -0.2) is 14.2 Å². The zero-order valence-electron chi connectivity index (χ0n) is 15.6. The summed E-state index contributed by atoms with van der Waals surface area (Å²) in [5.74, 6) is 0.